The fraction of sp³-hybridized carbons (Fsp3) is 0.125. The summed E-state index contributed by atoms with van der Waals surface area (Å²) >= 11 is 0. The number of carbonyl (C=O) groups is 1. The lowest BCUT2D eigenvalue weighted by molar-refractivity contribution is 0.0993. The van der Waals surface area contributed by atoms with E-state index in [0.29, 0.717) is 6.07 Å². The number of nitrogens with zero attached hydrogens (tertiary/aromatic N) is 2. The molecule has 2 N–H and O–H groups in total. The summed E-state index contributed by atoms with van der Waals surface area (Å²) in [5.74, 6) is -2.69. The molecule has 1 aromatic rings. The summed E-state index contributed by atoms with van der Waals surface area (Å²) in [6.45, 7) is 0. The number of hydrogen-bond acceptors (Lipinski definition) is 3. The Kier molecular flexibility index (Phi) is 2.90. The van der Waals surface area contributed by atoms with Crippen LogP contribution in [0.5, 0.6) is 0 Å². The molecule has 7 heteroatoms. The zero-order valence-electron chi connectivity index (χ0n) is 7.17. The summed E-state index contributed by atoms with van der Waals surface area (Å²) in [7, 11) is 0. The van der Waals surface area contributed by atoms with E-state index in [9.17, 15) is 18.0 Å². The number of primary amides is 1. The second kappa shape index (κ2) is 3.96. The molecule has 1 rings (SSSR count). The molecule has 78 valence electrons. The molecule has 0 radical (unpaired) electrons. The first kappa shape index (κ1) is 11.0. The molecule has 0 aromatic carbocycles. The maximum Gasteiger partial charge on any atom is 0.280 e. The molecule has 0 saturated heterocycles. The van der Waals surface area contributed by atoms with E-state index in [-0.39, 0.29) is 0 Å². The Morgan fingerprint density at radius 3 is 2.60 bits per heavy atom. The Morgan fingerprint density at radius 2 is 2.20 bits per heavy atom. The van der Waals surface area contributed by atoms with E-state index in [1.54, 1.807) is 0 Å². The summed E-state index contributed by atoms with van der Waals surface area (Å²) in [5, 5.41) is 8.50. The smallest absolute Gasteiger partial charge is 0.280 e. The van der Waals surface area contributed by atoms with E-state index in [0.717, 1.165) is 0 Å². The van der Waals surface area contributed by atoms with Gasteiger partial charge in [0.15, 0.2) is 0 Å². The van der Waals surface area contributed by atoms with Crippen LogP contribution in [-0.2, 0) is 0 Å². The van der Waals surface area contributed by atoms with Gasteiger partial charge in [0, 0.05) is 0 Å². The number of hydrogen-bond donors (Lipinski definition) is 1. The number of nitriles is 1. The Morgan fingerprint density at radius 1 is 1.60 bits per heavy atom. The van der Waals surface area contributed by atoms with Gasteiger partial charge in [-0.15, -0.1) is 0 Å². The molecule has 1 aromatic heterocycles. The van der Waals surface area contributed by atoms with Gasteiger partial charge in [-0.05, 0) is 6.07 Å². The summed E-state index contributed by atoms with van der Waals surface area (Å²) in [5.41, 5.74) is 2.52. The molecule has 0 spiro atoms. The minimum Gasteiger partial charge on any atom is -0.365 e. The van der Waals surface area contributed by atoms with Crippen LogP contribution < -0.4 is 5.73 Å². The highest BCUT2D eigenvalue weighted by Gasteiger charge is 2.20. The third-order valence-corrected chi connectivity index (χ3v) is 1.59. The van der Waals surface area contributed by atoms with Crippen LogP contribution in [0.1, 0.15) is 28.0 Å². The van der Waals surface area contributed by atoms with Crippen LogP contribution in [0, 0.1) is 17.3 Å². The maximum atomic E-state index is 13.0. The standard InChI is InChI=1S/C8H4F3N3O/c9-6(10)4-1-3(2-12)5(8(13)15)7(11)14-4/h1,6H,(H2,13,15). The average Bonchev–Trinajstić information content (AvgIpc) is 2.15. The van der Waals surface area contributed by atoms with Gasteiger partial charge in [0.05, 0.1) is 5.56 Å². The lowest BCUT2D eigenvalue weighted by Gasteiger charge is -2.03. The van der Waals surface area contributed by atoms with Gasteiger partial charge in [-0.25, -0.2) is 13.8 Å². The molecular weight excluding hydrogens is 211 g/mol. The largest absolute Gasteiger partial charge is 0.365 e. The number of alkyl halides is 2. The van der Waals surface area contributed by atoms with Gasteiger partial charge < -0.3 is 5.73 Å². The van der Waals surface area contributed by atoms with Crippen LogP contribution in [0.25, 0.3) is 0 Å². The molecule has 0 saturated carbocycles. The number of carbonyl (C=O) groups excluding carboxylic acids is 1. The lowest BCUT2D eigenvalue weighted by Crippen LogP contribution is -2.17. The second-order valence-electron chi connectivity index (χ2n) is 2.54. The molecule has 1 heterocycles. The first-order valence-corrected chi connectivity index (χ1v) is 3.66. The number of rotatable bonds is 2. The van der Waals surface area contributed by atoms with Crippen molar-refractivity contribution in [3.63, 3.8) is 0 Å². The van der Waals surface area contributed by atoms with Crippen molar-refractivity contribution in [3.05, 3.63) is 28.8 Å². The summed E-state index contributed by atoms with van der Waals surface area (Å²) in [6, 6.07) is 2.03. The zero-order chi connectivity index (χ0) is 11.6. The highest BCUT2D eigenvalue weighted by molar-refractivity contribution is 5.95. The third-order valence-electron chi connectivity index (χ3n) is 1.59. The van der Waals surface area contributed by atoms with Crippen molar-refractivity contribution >= 4 is 5.91 Å². The Balaban J connectivity index is 3.46. The van der Waals surface area contributed by atoms with Crippen molar-refractivity contribution in [3.8, 4) is 6.07 Å². The normalized spacial score (nSPS) is 10.1. The molecule has 0 bridgehead atoms. The number of halogens is 3. The molecule has 0 atom stereocenters. The van der Waals surface area contributed by atoms with Crippen LogP contribution in [0.3, 0.4) is 0 Å². The summed E-state index contributed by atoms with van der Waals surface area (Å²) < 4.78 is 37.3. The van der Waals surface area contributed by atoms with E-state index in [2.05, 4.69) is 4.98 Å². The number of amides is 1. The number of aromatic nitrogens is 1. The van der Waals surface area contributed by atoms with Crippen LogP contribution in [0.2, 0.25) is 0 Å². The highest BCUT2D eigenvalue weighted by Crippen LogP contribution is 2.20. The highest BCUT2D eigenvalue weighted by atomic mass is 19.3. The fourth-order valence-corrected chi connectivity index (χ4v) is 0.967. The number of pyridine rings is 1. The van der Waals surface area contributed by atoms with Gasteiger partial charge in [0.2, 0.25) is 5.95 Å². The molecule has 4 nitrogen and oxygen atoms in total. The molecule has 0 aliphatic carbocycles. The van der Waals surface area contributed by atoms with E-state index in [1.807, 2.05) is 0 Å². The second-order valence-corrected chi connectivity index (χ2v) is 2.54. The molecule has 0 aliphatic heterocycles. The van der Waals surface area contributed by atoms with Crippen LogP contribution >= 0.6 is 0 Å². The molecule has 0 fully saturated rings. The molecular formula is C8H4F3N3O. The Bertz CT molecular complexity index is 453. The molecule has 0 unspecified atom stereocenters. The predicted molar refractivity (Wildman–Crippen MR) is 42.4 cm³/mol. The third kappa shape index (κ3) is 2.04. The average molecular weight is 215 g/mol. The SMILES string of the molecule is N#Cc1cc(C(F)F)nc(F)c1C(N)=O. The zero-order valence-corrected chi connectivity index (χ0v) is 7.17. The van der Waals surface area contributed by atoms with Gasteiger partial charge in [-0.3, -0.25) is 4.79 Å². The lowest BCUT2D eigenvalue weighted by atomic mass is 10.1. The minimum absolute atomic E-state index is 0.551. The fourth-order valence-electron chi connectivity index (χ4n) is 0.967. The van der Waals surface area contributed by atoms with Crippen molar-refractivity contribution in [2.24, 2.45) is 5.73 Å². The Labute approximate surface area is 82.1 Å². The van der Waals surface area contributed by atoms with Crippen LogP contribution in [0.15, 0.2) is 6.07 Å². The monoisotopic (exact) mass is 215 g/mol. The van der Waals surface area contributed by atoms with Gasteiger partial charge >= 0.3 is 0 Å². The van der Waals surface area contributed by atoms with Gasteiger partial charge in [0.1, 0.15) is 17.3 Å². The predicted octanol–water partition coefficient (Wildman–Crippen LogP) is 1.13. The van der Waals surface area contributed by atoms with Gasteiger partial charge in [0.25, 0.3) is 12.3 Å². The van der Waals surface area contributed by atoms with Crippen molar-refractivity contribution < 1.29 is 18.0 Å². The maximum absolute atomic E-state index is 13.0. The van der Waals surface area contributed by atoms with Crippen LogP contribution in [0.4, 0.5) is 13.2 Å². The van der Waals surface area contributed by atoms with E-state index in [1.165, 1.54) is 6.07 Å². The van der Waals surface area contributed by atoms with Crippen LogP contribution in [-0.4, -0.2) is 10.9 Å². The van der Waals surface area contributed by atoms with Crippen molar-refractivity contribution in [1.29, 1.82) is 5.26 Å². The minimum atomic E-state index is -3.02. The Hall–Kier alpha value is -2.10. The van der Waals surface area contributed by atoms with Gasteiger partial charge in [-0.2, -0.15) is 9.65 Å². The summed E-state index contributed by atoms with van der Waals surface area (Å²) in [6.07, 6.45) is -3.02. The summed E-state index contributed by atoms with van der Waals surface area (Å²) in [4.78, 5) is 13.5. The van der Waals surface area contributed by atoms with Crippen molar-refractivity contribution in [1.82, 2.24) is 4.98 Å². The first-order valence-electron chi connectivity index (χ1n) is 3.66. The van der Waals surface area contributed by atoms with E-state index in [4.69, 9.17) is 11.0 Å². The van der Waals surface area contributed by atoms with E-state index >= 15 is 0 Å². The quantitative estimate of drug-likeness (QED) is 0.751. The topological polar surface area (TPSA) is 79.8 Å². The first-order chi connectivity index (χ1) is 6.97. The van der Waals surface area contributed by atoms with E-state index < -0.39 is 35.1 Å². The van der Waals surface area contributed by atoms with Gasteiger partial charge in [-0.1, -0.05) is 0 Å². The van der Waals surface area contributed by atoms with Crippen molar-refractivity contribution in [2.75, 3.05) is 0 Å². The molecule has 1 amide bonds. The molecule has 0 aliphatic rings. The molecule has 15 heavy (non-hydrogen) atoms. The number of nitrogens with two attached hydrogens (primary N) is 1. The van der Waals surface area contributed by atoms with Crippen molar-refractivity contribution in [2.45, 2.75) is 6.43 Å².